The molecule has 120 valence electrons. The molecule has 0 aliphatic heterocycles. The number of benzene rings is 1. The lowest BCUT2D eigenvalue weighted by Crippen LogP contribution is -2.41. The van der Waals surface area contributed by atoms with Gasteiger partial charge >= 0.3 is 0 Å². The van der Waals surface area contributed by atoms with Gasteiger partial charge in [-0.05, 0) is 36.8 Å². The van der Waals surface area contributed by atoms with Crippen LogP contribution in [0.3, 0.4) is 0 Å². The van der Waals surface area contributed by atoms with E-state index in [0.717, 1.165) is 4.31 Å². The quantitative estimate of drug-likeness (QED) is 0.903. The lowest BCUT2D eigenvalue weighted by atomic mass is 10.1. The first-order valence-corrected chi connectivity index (χ1v) is 8.40. The lowest BCUT2D eigenvalue weighted by Gasteiger charge is -2.25. The maximum atomic E-state index is 12.3. The van der Waals surface area contributed by atoms with Gasteiger partial charge in [-0.3, -0.25) is 4.79 Å². The third-order valence-electron chi connectivity index (χ3n) is 3.47. The summed E-state index contributed by atoms with van der Waals surface area (Å²) >= 11 is 0. The van der Waals surface area contributed by atoms with E-state index >= 15 is 0 Å². The molecule has 0 saturated heterocycles. The van der Waals surface area contributed by atoms with Gasteiger partial charge in [-0.1, -0.05) is 12.2 Å². The van der Waals surface area contributed by atoms with Crippen molar-refractivity contribution >= 4 is 15.9 Å². The monoisotopic (exact) mass is 331 g/mol. The van der Waals surface area contributed by atoms with Crippen molar-refractivity contribution in [2.24, 2.45) is 0 Å². The summed E-state index contributed by atoms with van der Waals surface area (Å²) in [6, 6.07) is 7.53. The highest BCUT2D eigenvalue weighted by atomic mass is 32.2. The predicted octanol–water partition coefficient (Wildman–Crippen LogP) is 1.39. The van der Waals surface area contributed by atoms with Crippen LogP contribution >= 0.6 is 0 Å². The van der Waals surface area contributed by atoms with Gasteiger partial charge in [0.15, 0.2) is 0 Å². The Bertz CT molecular complexity index is 800. The Morgan fingerprint density at radius 3 is 2.52 bits per heavy atom. The molecular weight excluding hydrogens is 314 g/mol. The van der Waals surface area contributed by atoms with Crippen molar-refractivity contribution < 1.29 is 13.2 Å². The summed E-state index contributed by atoms with van der Waals surface area (Å²) < 4.78 is 25.8. The molecule has 0 aromatic heterocycles. The maximum absolute atomic E-state index is 12.3. The number of nitriles is 1. The van der Waals surface area contributed by atoms with Crippen molar-refractivity contribution in [2.45, 2.75) is 12.5 Å². The SMILES string of the molecule is CN(C)S(=O)(=O)C1=CC=CCC1NC(=O)c1ccc(C#N)cc1. The smallest absolute Gasteiger partial charge is 0.251 e. The molecule has 0 radical (unpaired) electrons. The van der Waals surface area contributed by atoms with Gasteiger partial charge in [-0.2, -0.15) is 5.26 Å². The summed E-state index contributed by atoms with van der Waals surface area (Å²) in [7, 11) is -0.697. The fourth-order valence-corrected chi connectivity index (χ4v) is 3.34. The highest BCUT2D eigenvalue weighted by molar-refractivity contribution is 7.93. The number of rotatable bonds is 4. The van der Waals surface area contributed by atoms with Crippen LogP contribution in [0.2, 0.25) is 0 Å². The molecule has 23 heavy (non-hydrogen) atoms. The summed E-state index contributed by atoms with van der Waals surface area (Å²) in [5.74, 6) is -0.380. The molecule has 7 heteroatoms. The fraction of sp³-hybridized carbons (Fsp3) is 0.250. The van der Waals surface area contributed by atoms with Crippen molar-refractivity contribution in [3.05, 3.63) is 58.5 Å². The minimum Gasteiger partial charge on any atom is -0.344 e. The second-order valence-electron chi connectivity index (χ2n) is 5.24. The topological polar surface area (TPSA) is 90.3 Å². The standard InChI is InChI=1S/C16H17N3O3S/c1-19(2)23(21,22)15-6-4-3-5-14(15)18-16(20)13-9-7-12(11-17)8-10-13/h3-4,6-10,14H,5H2,1-2H3,(H,18,20). The van der Waals surface area contributed by atoms with E-state index in [1.54, 1.807) is 24.3 Å². The largest absolute Gasteiger partial charge is 0.344 e. The van der Waals surface area contributed by atoms with Crippen molar-refractivity contribution in [2.75, 3.05) is 14.1 Å². The van der Waals surface area contributed by atoms with Gasteiger partial charge in [0.25, 0.3) is 5.91 Å². The van der Waals surface area contributed by atoms with Crippen LogP contribution in [0.15, 0.2) is 47.4 Å². The molecule has 0 heterocycles. The van der Waals surface area contributed by atoms with E-state index in [2.05, 4.69) is 5.32 Å². The fourth-order valence-electron chi connectivity index (χ4n) is 2.15. The van der Waals surface area contributed by atoms with Crippen LogP contribution in [-0.2, 0) is 10.0 Å². The number of nitrogens with one attached hydrogen (secondary N) is 1. The van der Waals surface area contributed by atoms with Gasteiger partial charge < -0.3 is 5.32 Å². The normalized spacial score (nSPS) is 17.5. The van der Waals surface area contributed by atoms with E-state index in [-0.39, 0.29) is 10.8 Å². The molecule has 1 aliphatic carbocycles. The van der Waals surface area contributed by atoms with Crippen molar-refractivity contribution in [3.63, 3.8) is 0 Å². The number of allylic oxidation sites excluding steroid dienone is 2. The molecule has 2 rings (SSSR count). The third kappa shape index (κ3) is 3.67. The molecule has 1 amide bonds. The molecular formula is C16H17N3O3S. The van der Waals surface area contributed by atoms with Crippen LogP contribution in [-0.4, -0.2) is 38.8 Å². The van der Waals surface area contributed by atoms with E-state index in [0.29, 0.717) is 17.5 Å². The van der Waals surface area contributed by atoms with Crippen LogP contribution in [0.1, 0.15) is 22.3 Å². The summed E-state index contributed by atoms with van der Waals surface area (Å²) in [5.41, 5.74) is 0.832. The summed E-state index contributed by atoms with van der Waals surface area (Å²) in [6.45, 7) is 0. The van der Waals surface area contributed by atoms with Crippen molar-refractivity contribution in [3.8, 4) is 6.07 Å². The number of sulfonamides is 1. The second kappa shape index (κ2) is 6.77. The average molecular weight is 331 g/mol. The molecule has 0 bridgehead atoms. The van der Waals surface area contributed by atoms with Crippen molar-refractivity contribution in [1.82, 2.24) is 9.62 Å². The van der Waals surface area contributed by atoms with Crippen LogP contribution in [0.4, 0.5) is 0 Å². The molecule has 1 aromatic rings. The number of hydrogen-bond donors (Lipinski definition) is 1. The van der Waals surface area contributed by atoms with Gasteiger partial charge in [0.2, 0.25) is 10.0 Å². The molecule has 0 fully saturated rings. The third-order valence-corrected chi connectivity index (χ3v) is 5.45. The van der Waals surface area contributed by atoms with E-state index in [1.165, 1.54) is 32.3 Å². The Kier molecular flexibility index (Phi) is 4.98. The van der Waals surface area contributed by atoms with Crippen LogP contribution in [0.5, 0.6) is 0 Å². The zero-order valence-electron chi connectivity index (χ0n) is 12.9. The summed E-state index contributed by atoms with van der Waals surface area (Å²) in [6.07, 6.45) is 5.38. The van der Waals surface area contributed by atoms with E-state index in [4.69, 9.17) is 5.26 Å². The first-order valence-electron chi connectivity index (χ1n) is 6.96. The number of carbonyl (C=O) groups excluding carboxylic acids is 1. The first-order chi connectivity index (χ1) is 10.9. The zero-order chi connectivity index (χ0) is 17.0. The lowest BCUT2D eigenvalue weighted by molar-refractivity contribution is 0.0944. The van der Waals surface area contributed by atoms with Crippen molar-refractivity contribution in [1.29, 1.82) is 5.26 Å². The van der Waals surface area contributed by atoms with E-state index < -0.39 is 16.1 Å². The Balaban J connectivity index is 2.21. The highest BCUT2D eigenvalue weighted by Gasteiger charge is 2.30. The summed E-state index contributed by atoms with van der Waals surface area (Å²) in [5, 5.41) is 11.5. The molecule has 0 saturated carbocycles. The number of amides is 1. The molecule has 0 spiro atoms. The van der Waals surface area contributed by atoms with Gasteiger partial charge in [-0.15, -0.1) is 0 Å². The zero-order valence-corrected chi connectivity index (χ0v) is 13.7. The molecule has 6 nitrogen and oxygen atoms in total. The predicted molar refractivity (Wildman–Crippen MR) is 86.9 cm³/mol. The van der Waals surface area contributed by atoms with Gasteiger partial charge in [0.05, 0.1) is 22.6 Å². The minimum atomic E-state index is -3.60. The molecule has 1 unspecified atom stereocenters. The van der Waals surface area contributed by atoms with E-state index in [9.17, 15) is 13.2 Å². The highest BCUT2D eigenvalue weighted by Crippen LogP contribution is 2.21. The van der Waals surface area contributed by atoms with E-state index in [1.807, 2.05) is 6.07 Å². The minimum absolute atomic E-state index is 0.159. The summed E-state index contributed by atoms with van der Waals surface area (Å²) in [4.78, 5) is 12.5. The maximum Gasteiger partial charge on any atom is 0.251 e. The first kappa shape index (κ1) is 16.9. The Labute approximate surface area is 135 Å². The van der Waals surface area contributed by atoms with Crippen LogP contribution in [0.25, 0.3) is 0 Å². The molecule has 1 atom stereocenters. The molecule has 1 aliphatic rings. The Morgan fingerprint density at radius 2 is 1.96 bits per heavy atom. The van der Waals surface area contributed by atoms with Gasteiger partial charge in [0, 0.05) is 19.7 Å². The number of nitrogens with zero attached hydrogens (tertiary/aromatic N) is 2. The van der Waals surface area contributed by atoms with Gasteiger partial charge in [-0.25, -0.2) is 12.7 Å². The molecule has 1 N–H and O–H groups in total. The molecule has 1 aromatic carbocycles. The average Bonchev–Trinajstić information content (AvgIpc) is 2.55. The Hall–Kier alpha value is -2.43. The Morgan fingerprint density at radius 1 is 1.30 bits per heavy atom. The second-order valence-corrected chi connectivity index (χ2v) is 7.39. The number of hydrogen-bond acceptors (Lipinski definition) is 4. The van der Waals surface area contributed by atoms with Crippen LogP contribution < -0.4 is 5.32 Å². The van der Waals surface area contributed by atoms with Gasteiger partial charge in [0.1, 0.15) is 0 Å². The number of carbonyl (C=O) groups is 1. The van der Waals surface area contributed by atoms with Crippen LogP contribution in [0, 0.1) is 11.3 Å².